The minimum Gasteiger partial charge on any atom is -0.444 e. The van der Waals surface area contributed by atoms with Gasteiger partial charge in [0.1, 0.15) is 5.60 Å². The average Bonchev–Trinajstić information content (AvgIpc) is 3.11. The molecular formula is C26H28BrN5O3. The molecular weight excluding hydrogens is 510 g/mol. The van der Waals surface area contributed by atoms with Gasteiger partial charge in [0.15, 0.2) is 0 Å². The summed E-state index contributed by atoms with van der Waals surface area (Å²) in [4.78, 5) is 36.8. The third-order valence-electron chi connectivity index (χ3n) is 6.36. The second-order valence-corrected chi connectivity index (χ2v) is 10.7. The summed E-state index contributed by atoms with van der Waals surface area (Å²) < 4.78 is 10.0. The van der Waals surface area contributed by atoms with Crippen molar-refractivity contribution in [1.29, 1.82) is 0 Å². The number of amides is 1. The number of carbonyl (C=O) groups is 1. The van der Waals surface area contributed by atoms with Gasteiger partial charge in [-0.15, -0.1) is 0 Å². The first-order chi connectivity index (χ1) is 16.7. The first-order valence-corrected chi connectivity index (χ1v) is 12.6. The molecule has 1 aliphatic rings. The Kier molecular flexibility index (Phi) is 6.13. The van der Waals surface area contributed by atoms with E-state index >= 15 is 0 Å². The number of likely N-dealkylation sites (tertiary alicyclic amines) is 1. The fraction of sp³-hybridized carbons (Fsp3) is 0.385. The topological polar surface area (TPSA) is 82.2 Å². The molecule has 1 aromatic carbocycles. The molecule has 35 heavy (non-hydrogen) atoms. The van der Waals surface area contributed by atoms with E-state index < -0.39 is 5.60 Å². The molecule has 9 heteroatoms. The van der Waals surface area contributed by atoms with Gasteiger partial charge in [-0.3, -0.25) is 19.1 Å². The lowest BCUT2D eigenvalue weighted by Crippen LogP contribution is -2.43. The second kappa shape index (κ2) is 9.11. The molecule has 1 saturated heterocycles. The molecule has 0 saturated carbocycles. The van der Waals surface area contributed by atoms with Crippen LogP contribution in [-0.2, 0) is 11.3 Å². The zero-order valence-electron chi connectivity index (χ0n) is 20.1. The minimum atomic E-state index is -0.531. The Bertz CT molecular complexity index is 1460. The molecule has 1 fully saturated rings. The number of hydrogen-bond acceptors (Lipinski definition) is 5. The molecule has 8 nitrogen and oxygen atoms in total. The molecule has 1 aliphatic heterocycles. The molecule has 0 bridgehead atoms. The molecule has 3 aromatic heterocycles. The second-order valence-electron chi connectivity index (χ2n) is 9.91. The van der Waals surface area contributed by atoms with Crippen molar-refractivity contribution in [2.24, 2.45) is 0 Å². The number of fused-ring (bicyclic) bond motifs is 2. The number of ether oxygens (including phenoxy) is 1. The van der Waals surface area contributed by atoms with E-state index in [4.69, 9.17) is 4.74 Å². The lowest BCUT2D eigenvalue weighted by atomic mass is 10.1. The number of nitrogens with zero attached hydrogens (tertiary/aromatic N) is 5. The first-order valence-electron chi connectivity index (χ1n) is 11.8. The van der Waals surface area contributed by atoms with Crippen LogP contribution in [0.3, 0.4) is 0 Å². The Morgan fingerprint density at radius 1 is 1.11 bits per heavy atom. The predicted molar refractivity (Wildman–Crippen MR) is 139 cm³/mol. The molecule has 0 unspecified atom stereocenters. The summed E-state index contributed by atoms with van der Waals surface area (Å²) in [7, 11) is 0. The van der Waals surface area contributed by atoms with Crippen molar-refractivity contribution in [2.45, 2.75) is 51.8 Å². The van der Waals surface area contributed by atoms with E-state index in [2.05, 4.69) is 25.9 Å². The lowest BCUT2D eigenvalue weighted by molar-refractivity contribution is 0.0188. The monoisotopic (exact) mass is 537 g/mol. The third kappa shape index (κ3) is 4.57. The van der Waals surface area contributed by atoms with Crippen LogP contribution in [0.1, 0.15) is 45.3 Å². The highest BCUT2D eigenvalue weighted by atomic mass is 79.9. The normalized spacial score (nSPS) is 15.1. The van der Waals surface area contributed by atoms with E-state index in [1.54, 1.807) is 21.9 Å². The van der Waals surface area contributed by atoms with Gasteiger partial charge in [-0.1, -0.05) is 24.3 Å². The summed E-state index contributed by atoms with van der Waals surface area (Å²) in [6.07, 6.45) is 6.34. The quantitative estimate of drug-likeness (QED) is 0.361. The molecule has 0 atom stereocenters. The summed E-state index contributed by atoms with van der Waals surface area (Å²) in [5, 5.41) is 2.10. The number of benzene rings is 1. The van der Waals surface area contributed by atoms with Gasteiger partial charge in [-0.2, -0.15) is 0 Å². The average molecular weight is 538 g/mol. The number of imidazole rings is 1. The Hall–Kier alpha value is -3.20. The van der Waals surface area contributed by atoms with Gasteiger partial charge in [0.05, 0.1) is 29.5 Å². The van der Waals surface area contributed by atoms with Crippen molar-refractivity contribution in [2.75, 3.05) is 13.1 Å². The van der Waals surface area contributed by atoms with Crippen LogP contribution in [0.4, 0.5) is 4.79 Å². The van der Waals surface area contributed by atoms with Gasteiger partial charge in [-0.05, 0) is 61.0 Å². The van der Waals surface area contributed by atoms with Crippen LogP contribution >= 0.6 is 15.9 Å². The molecule has 182 valence electrons. The number of aromatic nitrogens is 4. The Morgan fingerprint density at radius 2 is 1.86 bits per heavy atom. The Labute approximate surface area is 211 Å². The molecule has 4 heterocycles. The minimum absolute atomic E-state index is 0.0136. The maximum Gasteiger partial charge on any atom is 0.410 e. The standard InChI is InChI=1S/C26H28BrN5O3/c1-26(2,3)35-25(34)30-12-9-18(10-13-30)32-21-8-11-28-15-22(21)31(24(32)33)16-20-23(27)19-7-5-4-6-17(19)14-29-20/h4-8,11,14-15,18H,9-10,12-13,16H2,1-3H3. The molecule has 1 amide bonds. The predicted octanol–water partition coefficient (Wildman–Crippen LogP) is 5.13. The summed E-state index contributed by atoms with van der Waals surface area (Å²) in [5.41, 5.74) is 1.78. The van der Waals surface area contributed by atoms with Crippen molar-refractivity contribution < 1.29 is 9.53 Å². The summed E-state index contributed by atoms with van der Waals surface area (Å²) in [5.74, 6) is 0. The summed E-state index contributed by atoms with van der Waals surface area (Å²) in [6, 6.07) is 9.90. The van der Waals surface area contributed by atoms with E-state index in [1.165, 1.54) is 0 Å². The number of carbonyl (C=O) groups excluding carboxylic acids is 1. The van der Waals surface area contributed by atoms with E-state index in [0.717, 1.165) is 32.0 Å². The van der Waals surface area contributed by atoms with Crippen molar-refractivity contribution in [3.63, 3.8) is 0 Å². The SMILES string of the molecule is CC(C)(C)OC(=O)N1CCC(n2c(=O)n(Cc3ncc4ccccc4c3Br)c3cnccc32)CC1. The fourth-order valence-electron chi connectivity index (χ4n) is 4.69. The van der Waals surface area contributed by atoms with Gasteiger partial charge in [0.25, 0.3) is 0 Å². The zero-order chi connectivity index (χ0) is 24.7. The lowest BCUT2D eigenvalue weighted by Gasteiger charge is -2.33. The van der Waals surface area contributed by atoms with E-state index in [0.29, 0.717) is 32.5 Å². The van der Waals surface area contributed by atoms with E-state index in [1.807, 2.05) is 61.9 Å². The highest BCUT2D eigenvalue weighted by molar-refractivity contribution is 9.10. The maximum atomic E-state index is 13.7. The van der Waals surface area contributed by atoms with E-state index in [-0.39, 0.29) is 17.8 Å². The van der Waals surface area contributed by atoms with Crippen LogP contribution < -0.4 is 5.69 Å². The molecule has 4 aromatic rings. The van der Waals surface area contributed by atoms with Gasteiger partial charge in [-0.25, -0.2) is 9.59 Å². The number of pyridine rings is 2. The summed E-state index contributed by atoms with van der Waals surface area (Å²) >= 11 is 3.70. The largest absolute Gasteiger partial charge is 0.444 e. The smallest absolute Gasteiger partial charge is 0.410 e. The summed E-state index contributed by atoms with van der Waals surface area (Å²) in [6.45, 7) is 7.01. The van der Waals surface area contributed by atoms with Crippen LogP contribution in [0, 0.1) is 0 Å². The molecule has 0 spiro atoms. The molecule has 0 aliphatic carbocycles. The van der Waals surface area contributed by atoms with Crippen LogP contribution in [-0.4, -0.2) is 48.8 Å². The number of hydrogen-bond donors (Lipinski definition) is 0. The zero-order valence-corrected chi connectivity index (χ0v) is 21.7. The Balaban J connectivity index is 1.45. The van der Waals surface area contributed by atoms with Crippen molar-refractivity contribution in [3.05, 3.63) is 69.6 Å². The number of rotatable bonds is 3. The van der Waals surface area contributed by atoms with Gasteiger partial charge in [0, 0.05) is 41.4 Å². The highest BCUT2D eigenvalue weighted by Crippen LogP contribution is 2.29. The third-order valence-corrected chi connectivity index (χ3v) is 7.25. The molecule has 0 N–H and O–H groups in total. The molecule has 5 rings (SSSR count). The van der Waals surface area contributed by atoms with Gasteiger partial charge < -0.3 is 9.64 Å². The van der Waals surface area contributed by atoms with Crippen molar-refractivity contribution in [3.8, 4) is 0 Å². The number of piperidine rings is 1. The van der Waals surface area contributed by atoms with Crippen molar-refractivity contribution in [1.82, 2.24) is 24.0 Å². The highest BCUT2D eigenvalue weighted by Gasteiger charge is 2.30. The van der Waals surface area contributed by atoms with Gasteiger partial charge in [0.2, 0.25) is 0 Å². The Morgan fingerprint density at radius 3 is 2.60 bits per heavy atom. The van der Waals surface area contributed by atoms with E-state index in [9.17, 15) is 9.59 Å². The maximum absolute atomic E-state index is 13.7. The number of halogens is 1. The van der Waals surface area contributed by atoms with Crippen LogP contribution in [0.5, 0.6) is 0 Å². The van der Waals surface area contributed by atoms with Crippen LogP contribution in [0.15, 0.2) is 58.2 Å². The fourth-order valence-corrected chi connectivity index (χ4v) is 5.28. The van der Waals surface area contributed by atoms with Crippen molar-refractivity contribution >= 4 is 43.8 Å². The van der Waals surface area contributed by atoms with Crippen LogP contribution in [0.2, 0.25) is 0 Å². The molecule has 0 radical (unpaired) electrons. The van der Waals surface area contributed by atoms with Gasteiger partial charge >= 0.3 is 11.8 Å². The van der Waals surface area contributed by atoms with Crippen LogP contribution in [0.25, 0.3) is 21.8 Å². The first kappa shape index (κ1) is 23.5.